The molecule has 5 heteroatoms. The van der Waals surface area contributed by atoms with E-state index in [4.69, 9.17) is 4.74 Å². The number of ketones is 1. The molecular formula is C18H30O5. The number of carbonyl (C=O) groups excluding carboxylic acids is 2. The minimum Gasteiger partial charge on any atom is -0.466 e. The van der Waals surface area contributed by atoms with Crippen molar-refractivity contribution in [2.24, 2.45) is 11.8 Å². The molecule has 0 aromatic carbocycles. The van der Waals surface area contributed by atoms with Gasteiger partial charge in [0.15, 0.2) is 0 Å². The highest BCUT2D eigenvalue weighted by molar-refractivity contribution is 5.85. The van der Waals surface area contributed by atoms with Crippen molar-refractivity contribution in [2.75, 3.05) is 6.61 Å². The number of hydrogen-bond acceptors (Lipinski definition) is 5. The van der Waals surface area contributed by atoms with Gasteiger partial charge in [-0.1, -0.05) is 38.3 Å². The summed E-state index contributed by atoms with van der Waals surface area (Å²) >= 11 is 0. The molecule has 2 N–H and O–H groups in total. The van der Waals surface area contributed by atoms with E-state index in [9.17, 15) is 19.8 Å². The Morgan fingerprint density at radius 3 is 2.78 bits per heavy atom. The molecule has 1 aliphatic carbocycles. The highest BCUT2D eigenvalue weighted by Crippen LogP contribution is 2.34. The van der Waals surface area contributed by atoms with Gasteiger partial charge in [-0.2, -0.15) is 0 Å². The lowest BCUT2D eigenvalue weighted by atomic mass is 9.89. The van der Waals surface area contributed by atoms with Gasteiger partial charge in [0.25, 0.3) is 0 Å². The number of unbranched alkanes of at least 4 members (excludes halogenated alkanes) is 2. The second-order valence-electron chi connectivity index (χ2n) is 6.21. The van der Waals surface area contributed by atoms with Gasteiger partial charge in [-0.15, -0.1) is 0 Å². The number of ether oxygens (including phenoxy) is 1. The molecule has 0 bridgehead atoms. The zero-order valence-electron chi connectivity index (χ0n) is 14.2. The maximum atomic E-state index is 12.0. The molecule has 0 aromatic heterocycles. The molecule has 0 radical (unpaired) electrons. The van der Waals surface area contributed by atoms with Crippen LogP contribution in [0.2, 0.25) is 0 Å². The maximum absolute atomic E-state index is 12.0. The fourth-order valence-corrected chi connectivity index (χ4v) is 3.05. The van der Waals surface area contributed by atoms with Gasteiger partial charge in [0.05, 0.1) is 18.8 Å². The molecule has 0 heterocycles. The fourth-order valence-electron chi connectivity index (χ4n) is 3.05. The normalized spacial score (nSPS) is 25.9. The molecule has 0 aliphatic heterocycles. The van der Waals surface area contributed by atoms with E-state index in [0.717, 1.165) is 19.3 Å². The molecule has 1 rings (SSSR count). The molecule has 132 valence electrons. The topological polar surface area (TPSA) is 83.8 Å². The first-order chi connectivity index (χ1) is 11.0. The Morgan fingerprint density at radius 2 is 2.13 bits per heavy atom. The lowest BCUT2D eigenvalue weighted by molar-refractivity contribution is -0.143. The van der Waals surface area contributed by atoms with E-state index in [2.05, 4.69) is 6.92 Å². The summed E-state index contributed by atoms with van der Waals surface area (Å²) in [6, 6.07) is 0. The molecule has 0 aromatic rings. The molecular weight excluding hydrogens is 296 g/mol. The number of aliphatic hydroxyl groups is 2. The van der Waals surface area contributed by atoms with E-state index in [0.29, 0.717) is 19.4 Å². The quantitative estimate of drug-likeness (QED) is 0.366. The first kappa shape index (κ1) is 19.8. The number of esters is 1. The summed E-state index contributed by atoms with van der Waals surface area (Å²) < 4.78 is 4.88. The van der Waals surface area contributed by atoms with Crippen LogP contribution in [0.5, 0.6) is 0 Å². The van der Waals surface area contributed by atoms with Gasteiger partial charge in [-0.05, 0) is 19.8 Å². The Labute approximate surface area is 138 Å². The van der Waals surface area contributed by atoms with Crippen LogP contribution in [0.4, 0.5) is 0 Å². The van der Waals surface area contributed by atoms with E-state index in [1.807, 2.05) is 0 Å². The second-order valence-corrected chi connectivity index (χ2v) is 6.21. The Balaban J connectivity index is 2.55. The SMILES string of the molecule is CCCCCC(O)/C=C/[C@H]1[C@H](O)CC(=O)[C@H]1CCC(=O)OCC. The first-order valence-electron chi connectivity index (χ1n) is 8.72. The van der Waals surface area contributed by atoms with Crippen LogP contribution in [0.25, 0.3) is 0 Å². The molecule has 5 nitrogen and oxygen atoms in total. The van der Waals surface area contributed by atoms with E-state index < -0.39 is 12.2 Å². The smallest absolute Gasteiger partial charge is 0.305 e. The zero-order valence-corrected chi connectivity index (χ0v) is 14.2. The van der Waals surface area contributed by atoms with Crippen molar-refractivity contribution in [3.63, 3.8) is 0 Å². The Morgan fingerprint density at radius 1 is 1.39 bits per heavy atom. The third-order valence-electron chi connectivity index (χ3n) is 4.36. The van der Waals surface area contributed by atoms with Crippen LogP contribution >= 0.6 is 0 Å². The fraction of sp³-hybridized carbons (Fsp3) is 0.778. The molecule has 0 spiro atoms. The minimum absolute atomic E-state index is 0.0167. The number of Topliss-reactive ketones (excluding diaryl/α,β-unsaturated/α-hetero) is 1. The summed E-state index contributed by atoms with van der Waals surface area (Å²) in [6.45, 7) is 4.18. The van der Waals surface area contributed by atoms with Crippen molar-refractivity contribution in [1.82, 2.24) is 0 Å². The lowest BCUT2D eigenvalue weighted by Crippen LogP contribution is -2.20. The highest BCUT2D eigenvalue weighted by Gasteiger charge is 2.39. The van der Waals surface area contributed by atoms with E-state index in [-0.39, 0.29) is 36.4 Å². The van der Waals surface area contributed by atoms with Gasteiger partial charge in [0.2, 0.25) is 0 Å². The molecule has 1 aliphatic rings. The van der Waals surface area contributed by atoms with Crippen LogP contribution in [0.1, 0.15) is 58.8 Å². The predicted molar refractivity (Wildman–Crippen MR) is 87.8 cm³/mol. The summed E-state index contributed by atoms with van der Waals surface area (Å²) in [5.74, 6) is -1.02. The molecule has 1 fully saturated rings. The lowest BCUT2D eigenvalue weighted by Gasteiger charge is -2.17. The molecule has 23 heavy (non-hydrogen) atoms. The third kappa shape index (κ3) is 6.83. The van der Waals surface area contributed by atoms with Crippen LogP contribution in [0, 0.1) is 11.8 Å². The maximum Gasteiger partial charge on any atom is 0.305 e. The molecule has 1 saturated carbocycles. The number of carbonyl (C=O) groups is 2. The summed E-state index contributed by atoms with van der Waals surface area (Å²) in [5.41, 5.74) is 0. The summed E-state index contributed by atoms with van der Waals surface area (Å²) in [5, 5.41) is 20.0. The molecule has 1 unspecified atom stereocenters. The van der Waals surface area contributed by atoms with Crippen molar-refractivity contribution in [3.8, 4) is 0 Å². The van der Waals surface area contributed by atoms with Gasteiger partial charge in [0.1, 0.15) is 5.78 Å². The monoisotopic (exact) mass is 326 g/mol. The Kier molecular flexibility index (Phi) is 9.10. The zero-order chi connectivity index (χ0) is 17.2. The van der Waals surface area contributed by atoms with Gasteiger partial charge in [0, 0.05) is 24.7 Å². The van der Waals surface area contributed by atoms with E-state index >= 15 is 0 Å². The van der Waals surface area contributed by atoms with E-state index in [1.165, 1.54) is 0 Å². The largest absolute Gasteiger partial charge is 0.466 e. The number of rotatable bonds is 10. The van der Waals surface area contributed by atoms with Crippen molar-refractivity contribution < 1.29 is 24.5 Å². The molecule has 0 amide bonds. The van der Waals surface area contributed by atoms with Crippen LogP contribution < -0.4 is 0 Å². The minimum atomic E-state index is -0.728. The second kappa shape index (κ2) is 10.6. The standard InChI is InChI=1S/C18H30O5/c1-3-5-6-7-13(19)8-9-14-15(17(21)12-16(14)20)10-11-18(22)23-4-2/h8-9,13-16,19-20H,3-7,10-12H2,1-2H3/b9-8+/t13?,14-,15+,16-/m1/s1. The van der Waals surface area contributed by atoms with Crippen LogP contribution in [0.3, 0.4) is 0 Å². The van der Waals surface area contributed by atoms with Crippen molar-refractivity contribution in [1.29, 1.82) is 0 Å². The van der Waals surface area contributed by atoms with Crippen LogP contribution in [-0.4, -0.2) is 40.8 Å². The third-order valence-corrected chi connectivity index (χ3v) is 4.36. The van der Waals surface area contributed by atoms with Crippen LogP contribution in [0.15, 0.2) is 12.2 Å². The van der Waals surface area contributed by atoms with Crippen molar-refractivity contribution >= 4 is 11.8 Å². The van der Waals surface area contributed by atoms with Gasteiger partial charge < -0.3 is 14.9 Å². The Bertz CT molecular complexity index is 404. The average Bonchev–Trinajstić information content (AvgIpc) is 2.77. The van der Waals surface area contributed by atoms with E-state index in [1.54, 1.807) is 19.1 Å². The summed E-state index contributed by atoms with van der Waals surface area (Å²) in [4.78, 5) is 23.5. The summed E-state index contributed by atoms with van der Waals surface area (Å²) in [7, 11) is 0. The average molecular weight is 326 g/mol. The van der Waals surface area contributed by atoms with Gasteiger partial charge in [-0.25, -0.2) is 0 Å². The number of hydrogen-bond donors (Lipinski definition) is 2. The van der Waals surface area contributed by atoms with Gasteiger partial charge in [-0.3, -0.25) is 9.59 Å². The van der Waals surface area contributed by atoms with Gasteiger partial charge >= 0.3 is 5.97 Å². The van der Waals surface area contributed by atoms with Crippen LogP contribution in [-0.2, 0) is 14.3 Å². The first-order valence-corrected chi connectivity index (χ1v) is 8.72. The summed E-state index contributed by atoms with van der Waals surface area (Å²) in [6.07, 6.45) is 6.67. The predicted octanol–water partition coefficient (Wildman–Crippen LogP) is 2.39. The number of aliphatic hydroxyl groups excluding tert-OH is 2. The van der Waals surface area contributed by atoms with Crippen molar-refractivity contribution in [2.45, 2.75) is 71.0 Å². The Hall–Kier alpha value is -1.20. The van der Waals surface area contributed by atoms with Crippen molar-refractivity contribution in [3.05, 3.63) is 12.2 Å². The molecule has 0 saturated heterocycles. The highest BCUT2D eigenvalue weighted by atomic mass is 16.5. The molecule has 4 atom stereocenters.